The van der Waals surface area contributed by atoms with Crippen molar-refractivity contribution >= 4 is 11.5 Å². The van der Waals surface area contributed by atoms with Crippen LogP contribution in [-0.2, 0) is 9.53 Å². The van der Waals surface area contributed by atoms with Gasteiger partial charge < -0.3 is 4.74 Å². The maximum absolute atomic E-state index is 10.2. The van der Waals surface area contributed by atoms with Gasteiger partial charge in [-0.3, -0.25) is 4.79 Å². The molecule has 0 fully saturated rings. The van der Waals surface area contributed by atoms with Crippen LogP contribution in [0.15, 0.2) is 66.8 Å². The van der Waals surface area contributed by atoms with Crippen LogP contribution in [0.5, 0.6) is 0 Å². The van der Waals surface area contributed by atoms with Crippen molar-refractivity contribution in [2.75, 3.05) is 6.61 Å². The van der Waals surface area contributed by atoms with Crippen molar-refractivity contribution < 1.29 is 9.53 Å². The van der Waals surface area contributed by atoms with Crippen LogP contribution < -0.4 is 0 Å². The van der Waals surface area contributed by atoms with Crippen LogP contribution >= 0.6 is 0 Å². The van der Waals surface area contributed by atoms with E-state index in [0.29, 0.717) is 18.4 Å². The predicted octanol–water partition coefficient (Wildman–Crippen LogP) is 10.5. The summed E-state index contributed by atoms with van der Waals surface area (Å²) in [7, 11) is 0. The number of esters is 1. The molecular formula is C34H56O2. The van der Waals surface area contributed by atoms with Crippen molar-refractivity contribution in [3.05, 3.63) is 77.9 Å². The summed E-state index contributed by atoms with van der Waals surface area (Å²) in [6.45, 7) is 30.5. The summed E-state index contributed by atoms with van der Waals surface area (Å²) < 4.78 is 4.55. The molecule has 1 aliphatic carbocycles. The van der Waals surface area contributed by atoms with Gasteiger partial charge in [0.2, 0.25) is 0 Å². The Morgan fingerprint density at radius 2 is 1.53 bits per heavy atom. The number of rotatable bonds is 4. The Morgan fingerprint density at radius 3 is 1.83 bits per heavy atom. The van der Waals surface area contributed by atoms with Crippen molar-refractivity contribution in [2.45, 2.75) is 102 Å². The molecule has 2 heteroatoms. The number of hydrogen-bond donors (Lipinski definition) is 0. The Kier molecular flexibility index (Phi) is 30.1. The lowest BCUT2D eigenvalue weighted by Crippen LogP contribution is -2.19. The average Bonchev–Trinajstić information content (AvgIpc) is 2.87. The predicted molar refractivity (Wildman–Crippen MR) is 165 cm³/mol. The summed E-state index contributed by atoms with van der Waals surface area (Å²) in [5.41, 5.74) is 7.26. The van der Waals surface area contributed by atoms with Gasteiger partial charge in [-0.2, -0.15) is 0 Å². The van der Waals surface area contributed by atoms with Crippen molar-refractivity contribution in [3.63, 3.8) is 0 Å². The third kappa shape index (κ3) is 23.0. The fraction of sp³-hybridized carbons (Fsp3) is 0.500. The van der Waals surface area contributed by atoms with Gasteiger partial charge in [-0.1, -0.05) is 107 Å². The van der Waals surface area contributed by atoms with E-state index in [2.05, 4.69) is 109 Å². The lowest BCUT2D eigenvalue weighted by atomic mass is 9.73. The fourth-order valence-electron chi connectivity index (χ4n) is 3.23. The molecule has 204 valence electrons. The maximum Gasteiger partial charge on any atom is 0.305 e. The monoisotopic (exact) mass is 496 g/mol. The van der Waals surface area contributed by atoms with E-state index in [9.17, 15) is 4.79 Å². The second kappa shape index (κ2) is 26.8. The molecule has 0 saturated carbocycles. The highest BCUT2D eigenvalue weighted by molar-refractivity contribution is 5.68. The molecule has 0 heterocycles. The Morgan fingerprint density at radius 1 is 1.06 bits per heavy atom. The first-order valence-corrected chi connectivity index (χ1v) is 13.1. The molecule has 1 atom stereocenters. The standard InChI is InChI=1S/C11H18.C11H14.C5H10O2.C3H6.C2H6.C2H2/c1-5-11(4)7-9(2)6-10(3)8-11;1-4-10(3)11-7-5-9(2)6-8-11;1-3-5(6)7-4-2;1-3-2;2*1-2/h6H,2,5,7-8H2,1,3-4H3;4-8H,1-3H3;3-4H2,1-2H3;3H,1H2,2H3;1-2H3;1-2H/b;10-4+;;;;. The van der Waals surface area contributed by atoms with E-state index in [1.54, 1.807) is 19.9 Å². The van der Waals surface area contributed by atoms with Crippen molar-refractivity contribution in [3.8, 4) is 12.8 Å². The van der Waals surface area contributed by atoms with Gasteiger partial charge in [0, 0.05) is 6.42 Å². The van der Waals surface area contributed by atoms with Gasteiger partial charge in [0.1, 0.15) is 0 Å². The molecule has 0 saturated heterocycles. The van der Waals surface area contributed by atoms with Crippen LogP contribution in [-0.4, -0.2) is 12.6 Å². The van der Waals surface area contributed by atoms with Crippen LogP contribution in [0.3, 0.4) is 0 Å². The third-order valence-electron chi connectivity index (χ3n) is 5.20. The van der Waals surface area contributed by atoms with Crippen LogP contribution in [0.4, 0.5) is 0 Å². The van der Waals surface area contributed by atoms with E-state index < -0.39 is 0 Å². The molecule has 1 aliphatic rings. The number of carbonyl (C=O) groups is 1. The van der Waals surface area contributed by atoms with Crippen molar-refractivity contribution in [2.24, 2.45) is 5.41 Å². The van der Waals surface area contributed by atoms with Crippen molar-refractivity contribution in [1.82, 2.24) is 0 Å². The number of ether oxygens (including phenoxy) is 1. The minimum absolute atomic E-state index is 0.123. The molecule has 2 nitrogen and oxygen atoms in total. The number of terminal acetylenes is 1. The number of allylic oxidation sites excluding steroid dienone is 6. The number of carbonyl (C=O) groups excluding carboxylic acids is 1. The lowest BCUT2D eigenvalue weighted by Gasteiger charge is -2.32. The molecule has 0 amide bonds. The molecule has 1 aromatic carbocycles. The average molecular weight is 497 g/mol. The molecule has 0 aliphatic heterocycles. The second-order valence-corrected chi connectivity index (χ2v) is 8.57. The maximum atomic E-state index is 10.2. The number of benzene rings is 1. The molecule has 0 radical (unpaired) electrons. The fourth-order valence-corrected chi connectivity index (χ4v) is 3.23. The van der Waals surface area contributed by atoms with Crippen LogP contribution in [0.2, 0.25) is 0 Å². The molecule has 1 unspecified atom stereocenters. The topological polar surface area (TPSA) is 26.3 Å². The van der Waals surface area contributed by atoms with E-state index in [0.717, 1.165) is 0 Å². The lowest BCUT2D eigenvalue weighted by molar-refractivity contribution is -0.142. The summed E-state index contributed by atoms with van der Waals surface area (Å²) in [5.74, 6) is -0.123. The summed E-state index contributed by atoms with van der Waals surface area (Å²) in [6.07, 6.45) is 18.3. The van der Waals surface area contributed by atoms with Crippen LogP contribution in [0.25, 0.3) is 5.57 Å². The summed E-state index contributed by atoms with van der Waals surface area (Å²) in [6, 6.07) is 8.60. The molecule has 0 N–H and O–H groups in total. The Bertz CT molecular complexity index is 775. The van der Waals surface area contributed by atoms with Gasteiger partial charge in [0.15, 0.2) is 0 Å². The number of aryl methyl sites for hydroxylation is 1. The summed E-state index contributed by atoms with van der Waals surface area (Å²) >= 11 is 0. The first-order valence-electron chi connectivity index (χ1n) is 13.1. The summed E-state index contributed by atoms with van der Waals surface area (Å²) in [4.78, 5) is 10.2. The highest BCUT2D eigenvalue weighted by atomic mass is 16.5. The molecule has 0 bridgehead atoms. The van der Waals surface area contributed by atoms with Gasteiger partial charge in [0.05, 0.1) is 6.61 Å². The third-order valence-corrected chi connectivity index (χ3v) is 5.20. The molecule has 0 aromatic heterocycles. The zero-order chi connectivity index (χ0) is 29.2. The van der Waals surface area contributed by atoms with Gasteiger partial charge in [-0.05, 0) is 70.9 Å². The van der Waals surface area contributed by atoms with Gasteiger partial charge in [0.25, 0.3) is 0 Å². The van der Waals surface area contributed by atoms with Gasteiger partial charge in [-0.15, -0.1) is 19.4 Å². The first-order chi connectivity index (χ1) is 17.0. The van der Waals surface area contributed by atoms with E-state index in [4.69, 9.17) is 0 Å². The molecule has 1 aromatic rings. The van der Waals surface area contributed by atoms with Crippen LogP contribution in [0, 0.1) is 25.2 Å². The van der Waals surface area contributed by atoms with Gasteiger partial charge >= 0.3 is 5.97 Å². The highest BCUT2D eigenvalue weighted by Crippen LogP contribution is 2.39. The SMILES string of the molecule is C#C.C/C=C(\C)c1ccc(C)cc1.C=C1C=C(C)CC(C)(CC)C1.C=CC.CC.CCOC(=O)CC. The van der Waals surface area contributed by atoms with E-state index in [1.165, 1.54) is 47.1 Å². The van der Waals surface area contributed by atoms with E-state index in [-0.39, 0.29) is 5.97 Å². The quantitative estimate of drug-likeness (QED) is 0.235. The highest BCUT2D eigenvalue weighted by Gasteiger charge is 2.25. The van der Waals surface area contributed by atoms with Crippen molar-refractivity contribution in [1.29, 1.82) is 0 Å². The molecule has 36 heavy (non-hydrogen) atoms. The Hall–Kier alpha value is -2.79. The second-order valence-electron chi connectivity index (χ2n) is 8.57. The first kappa shape index (κ1) is 40.4. The molecule has 2 rings (SSSR count). The Labute approximate surface area is 225 Å². The smallest absolute Gasteiger partial charge is 0.305 e. The molecule has 0 spiro atoms. The van der Waals surface area contributed by atoms with Gasteiger partial charge in [-0.25, -0.2) is 0 Å². The minimum Gasteiger partial charge on any atom is -0.466 e. The largest absolute Gasteiger partial charge is 0.466 e. The zero-order valence-corrected chi connectivity index (χ0v) is 25.5. The van der Waals surface area contributed by atoms with E-state index in [1.807, 2.05) is 20.8 Å². The van der Waals surface area contributed by atoms with E-state index >= 15 is 0 Å². The zero-order valence-electron chi connectivity index (χ0n) is 25.5. The molecular weight excluding hydrogens is 440 g/mol. The van der Waals surface area contributed by atoms with Crippen LogP contribution in [0.1, 0.15) is 106 Å². The normalized spacial score (nSPS) is 15.5. The Balaban J connectivity index is -0.000000193. The number of hydrogen-bond acceptors (Lipinski definition) is 2. The minimum atomic E-state index is -0.123. The summed E-state index contributed by atoms with van der Waals surface area (Å²) in [5, 5.41) is 0.